The molecule has 0 heterocycles. The molecule has 18 heavy (non-hydrogen) atoms. The first-order valence-corrected chi connectivity index (χ1v) is 10.4. The van der Waals surface area contributed by atoms with Crippen molar-refractivity contribution in [3.05, 3.63) is 0 Å². The van der Waals surface area contributed by atoms with Crippen LogP contribution >= 0.6 is 51.1 Å². The normalized spacial score (nSPS) is 22.3. The van der Waals surface area contributed by atoms with Gasteiger partial charge in [0.25, 0.3) is 0 Å². The van der Waals surface area contributed by atoms with Gasteiger partial charge in [-0.15, -0.1) is 51.1 Å². The molecule has 0 saturated heterocycles. The van der Waals surface area contributed by atoms with E-state index in [9.17, 15) is 0 Å². The fraction of sp³-hybridized carbons (Fsp3) is 1.00. The van der Waals surface area contributed by atoms with Gasteiger partial charge in [-0.25, -0.2) is 0 Å². The van der Waals surface area contributed by atoms with E-state index in [1.807, 2.05) is 0 Å². The Balaban J connectivity index is 0. The van der Waals surface area contributed by atoms with Crippen LogP contribution in [0.2, 0.25) is 0 Å². The van der Waals surface area contributed by atoms with Gasteiger partial charge in [-0.2, -0.15) is 0 Å². The lowest BCUT2D eigenvalue weighted by Crippen LogP contribution is -2.05. The highest BCUT2D eigenvalue weighted by Crippen LogP contribution is 2.30. The van der Waals surface area contributed by atoms with E-state index in [0.29, 0.717) is 0 Å². The van der Waals surface area contributed by atoms with Crippen molar-refractivity contribution < 1.29 is 0 Å². The molecule has 0 nitrogen and oxygen atoms in total. The van der Waals surface area contributed by atoms with Crippen LogP contribution < -0.4 is 0 Å². The second kappa shape index (κ2) is 15.2. The quantitative estimate of drug-likeness (QED) is 0.451. The first-order valence-electron chi connectivity index (χ1n) is 7.21. The van der Waals surface area contributed by atoms with Crippen LogP contribution in [0.3, 0.4) is 0 Å². The molecule has 0 N–H and O–H groups in total. The molecular formula is C14H32Br2P2. The highest BCUT2D eigenvalue weighted by atomic mass is 79.9. The van der Waals surface area contributed by atoms with Crippen LogP contribution in [-0.2, 0) is 0 Å². The van der Waals surface area contributed by atoms with E-state index in [4.69, 9.17) is 0 Å². The van der Waals surface area contributed by atoms with Crippen LogP contribution in [0.5, 0.6) is 0 Å². The van der Waals surface area contributed by atoms with Gasteiger partial charge in [0.2, 0.25) is 0 Å². The van der Waals surface area contributed by atoms with Crippen LogP contribution in [0.4, 0.5) is 0 Å². The lowest BCUT2D eigenvalue weighted by molar-refractivity contribution is 0.514. The van der Waals surface area contributed by atoms with Crippen LogP contribution in [0.25, 0.3) is 0 Å². The number of hydrogen-bond acceptors (Lipinski definition) is 0. The zero-order valence-electron chi connectivity index (χ0n) is 12.0. The number of rotatable bonds is 2. The summed E-state index contributed by atoms with van der Waals surface area (Å²) in [5.41, 5.74) is 2.23. The van der Waals surface area contributed by atoms with E-state index < -0.39 is 0 Å². The smallest absolute Gasteiger partial charge is 0.0239 e. The summed E-state index contributed by atoms with van der Waals surface area (Å²) in [6.07, 6.45) is 15.1. The Kier molecular flexibility index (Phi) is 18.7. The van der Waals surface area contributed by atoms with Crippen molar-refractivity contribution in [2.45, 2.75) is 75.5 Å². The van der Waals surface area contributed by atoms with Crippen molar-refractivity contribution in [1.82, 2.24) is 0 Å². The molecule has 0 spiro atoms. The van der Waals surface area contributed by atoms with Crippen molar-refractivity contribution in [3.8, 4) is 0 Å². The van der Waals surface area contributed by atoms with Gasteiger partial charge in [-0.3, -0.25) is 0 Å². The monoisotopic (exact) mass is 420 g/mol. The first kappa shape index (κ1) is 22.1. The van der Waals surface area contributed by atoms with Gasteiger partial charge >= 0.3 is 0 Å². The molecule has 4 heteroatoms. The van der Waals surface area contributed by atoms with Gasteiger partial charge in [0, 0.05) is 0 Å². The maximum atomic E-state index is 2.34. The molecular weight excluding hydrogens is 390 g/mol. The largest absolute Gasteiger partial charge is 0.122 e. The lowest BCUT2D eigenvalue weighted by atomic mass is 10.0. The van der Waals surface area contributed by atoms with Crippen molar-refractivity contribution >= 4 is 51.1 Å². The topological polar surface area (TPSA) is 0 Å². The molecule has 2 aliphatic rings. The minimum atomic E-state index is 0. The van der Waals surface area contributed by atoms with Crippen molar-refractivity contribution in [2.24, 2.45) is 0 Å². The molecule has 0 amide bonds. The van der Waals surface area contributed by atoms with Gasteiger partial charge in [0.05, 0.1) is 0 Å². The first-order chi connectivity index (χ1) is 7.86. The molecule has 2 aliphatic carbocycles. The third-order valence-electron chi connectivity index (χ3n) is 4.03. The maximum Gasteiger partial charge on any atom is -0.0239 e. The molecule has 2 saturated carbocycles. The van der Waals surface area contributed by atoms with Gasteiger partial charge in [0.1, 0.15) is 0 Å². The molecule has 0 bridgehead atoms. The van der Waals surface area contributed by atoms with Crippen LogP contribution in [-0.4, -0.2) is 24.6 Å². The third-order valence-corrected chi connectivity index (χ3v) is 6.81. The summed E-state index contributed by atoms with van der Waals surface area (Å²) in [5.74, 6) is 0. The molecule has 112 valence electrons. The summed E-state index contributed by atoms with van der Waals surface area (Å²) in [6, 6.07) is 0. The fourth-order valence-corrected chi connectivity index (χ4v) is 4.75. The molecule has 0 aliphatic heterocycles. The summed E-state index contributed by atoms with van der Waals surface area (Å²) in [7, 11) is 2.41. The van der Waals surface area contributed by atoms with Crippen LogP contribution in [0.15, 0.2) is 0 Å². The highest BCUT2D eigenvalue weighted by Gasteiger charge is 2.10. The van der Waals surface area contributed by atoms with Crippen molar-refractivity contribution in [1.29, 1.82) is 0 Å². The number of halogens is 2. The van der Waals surface area contributed by atoms with E-state index in [1.165, 1.54) is 81.4 Å². The molecule has 2 atom stereocenters. The van der Waals surface area contributed by atoms with Gasteiger partial charge in [-0.1, -0.05) is 38.5 Å². The standard InChI is InChI=1S/2C7H15P.2BrH/c2*1-8-7-5-3-2-4-6-7;;/h2*7-8H,2-6H2,1H3;2*1H. The molecule has 0 aromatic rings. The SMILES string of the molecule is Br.Br.CPC1CCCCC1.CPC1CCCCC1. The van der Waals surface area contributed by atoms with E-state index >= 15 is 0 Å². The molecule has 0 radical (unpaired) electrons. The Hall–Kier alpha value is 1.82. The maximum absolute atomic E-state index is 2.34. The van der Waals surface area contributed by atoms with E-state index in [2.05, 4.69) is 13.3 Å². The summed E-state index contributed by atoms with van der Waals surface area (Å²) in [4.78, 5) is 0. The zero-order chi connectivity index (χ0) is 11.6. The molecule has 2 rings (SSSR count). The third kappa shape index (κ3) is 10.6. The van der Waals surface area contributed by atoms with E-state index in [1.54, 1.807) is 0 Å². The Morgan fingerprint density at radius 1 is 0.556 bits per heavy atom. The Labute approximate surface area is 139 Å². The van der Waals surface area contributed by atoms with Gasteiger partial charge in [0.15, 0.2) is 0 Å². The van der Waals surface area contributed by atoms with Gasteiger partial charge in [-0.05, 0) is 50.3 Å². The molecule has 2 unspecified atom stereocenters. The second-order valence-corrected chi connectivity index (χ2v) is 8.03. The zero-order valence-corrected chi connectivity index (χ0v) is 17.5. The fourth-order valence-electron chi connectivity index (χ4n) is 2.78. The number of hydrogen-bond donors (Lipinski definition) is 0. The predicted molar refractivity (Wildman–Crippen MR) is 103 cm³/mol. The Bertz CT molecular complexity index is 138. The van der Waals surface area contributed by atoms with Gasteiger partial charge < -0.3 is 0 Å². The minimum Gasteiger partial charge on any atom is -0.122 e. The minimum absolute atomic E-state index is 0. The van der Waals surface area contributed by atoms with E-state index in [0.717, 1.165) is 11.3 Å². The van der Waals surface area contributed by atoms with Crippen molar-refractivity contribution in [2.75, 3.05) is 13.3 Å². The summed E-state index contributed by atoms with van der Waals surface area (Å²) in [6.45, 7) is 4.69. The van der Waals surface area contributed by atoms with Crippen LogP contribution in [0.1, 0.15) is 64.2 Å². The highest BCUT2D eigenvalue weighted by molar-refractivity contribution is 8.93. The predicted octanol–water partition coefficient (Wildman–Crippen LogP) is 6.41. The summed E-state index contributed by atoms with van der Waals surface area (Å²) >= 11 is 0. The summed E-state index contributed by atoms with van der Waals surface area (Å²) in [5, 5.41) is 0. The molecule has 0 aromatic heterocycles. The van der Waals surface area contributed by atoms with E-state index in [-0.39, 0.29) is 34.0 Å². The lowest BCUT2D eigenvalue weighted by Gasteiger charge is -2.18. The average molecular weight is 422 g/mol. The van der Waals surface area contributed by atoms with Crippen molar-refractivity contribution in [3.63, 3.8) is 0 Å². The molecule has 0 aromatic carbocycles. The Morgan fingerprint density at radius 3 is 1.00 bits per heavy atom. The Morgan fingerprint density at radius 2 is 0.833 bits per heavy atom. The summed E-state index contributed by atoms with van der Waals surface area (Å²) < 4.78 is 0. The average Bonchev–Trinajstić information content (AvgIpc) is 2.41. The second-order valence-electron chi connectivity index (χ2n) is 5.25. The molecule has 2 fully saturated rings. The van der Waals surface area contributed by atoms with Crippen LogP contribution in [0, 0.1) is 0 Å².